The quantitative estimate of drug-likeness (QED) is 0.766. The molecule has 0 radical (unpaired) electrons. The Kier molecular flexibility index (Phi) is 6.48. The maximum atomic E-state index is 12.4. The maximum Gasteiger partial charge on any atom is 0.248 e. The van der Waals surface area contributed by atoms with Crippen LogP contribution in [0.3, 0.4) is 0 Å². The van der Waals surface area contributed by atoms with Crippen LogP contribution in [0.1, 0.15) is 39.7 Å². The van der Waals surface area contributed by atoms with E-state index in [0.717, 1.165) is 0 Å². The summed E-state index contributed by atoms with van der Waals surface area (Å²) in [7, 11) is 0. The van der Waals surface area contributed by atoms with E-state index < -0.39 is 6.04 Å². The first-order chi connectivity index (χ1) is 11.5. The van der Waals surface area contributed by atoms with E-state index in [1.54, 1.807) is 24.1 Å². The van der Waals surface area contributed by atoms with Gasteiger partial charge < -0.3 is 15.2 Å². The standard InChI is InChI=1S/C16H23N5O2S/c1-11(2)8-13(15(23)20-16-18-5-7-24-16)19-14(22)9-12(3)21-6-4-17-10-21/h4-7,10-13H,8-9H2,1-3H3,(H,19,22)(H,18,20,23). The number of thiazole rings is 1. The monoisotopic (exact) mass is 349 g/mol. The van der Waals surface area contributed by atoms with Gasteiger partial charge in [-0.15, -0.1) is 11.3 Å². The Balaban J connectivity index is 1.94. The van der Waals surface area contributed by atoms with Crippen molar-refractivity contribution in [2.45, 2.75) is 45.7 Å². The summed E-state index contributed by atoms with van der Waals surface area (Å²) in [6.07, 6.45) is 7.66. The number of anilines is 1. The lowest BCUT2D eigenvalue weighted by Crippen LogP contribution is -2.45. The summed E-state index contributed by atoms with van der Waals surface area (Å²) in [5, 5.41) is 7.92. The number of carbonyl (C=O) groups excluding carboxylic acids is 2. The van der Waals surface area contributed by atoms with E-state index in [-0.39, 0.29) is 30.2 Å². The molecule has 0 saturated heterocycles. The first-order valence-electron chi connectivity index (χ1n) is 7.93. The van der Waals surface area contributed by atoms with Crippen molar-refractivity contribution in [1.82, 2.24) is 19.9 Å². The van der Waals surface area contributed by atoms with Gasteiger partial charge in [-0.05, 0) is 19.3 Å². The first kappa shape index (κ1) is 18.1. The van der Waals surface area contributed by atoms with Crippen LogP contribution in [0, 0.1) is 5.92 Å². The molecule has 2 aromatic rings. The van der Waals surface area contributed by atoms with Crippen molar-refractivity contribution >= 4 is 28.3 Å². The molecule has 0 aliphatic rings. The van der Waals surface area contributed by atoms with Gasteiger partial charge in [0.05, 0.1) is 6.33 Å². The molecular formula is C16H23N5O2S. The molecule has 0 bridgehead atoms. The molecule has 0 aromatic carbocycles. The van der Waals surface area contributed by atoms with Crippen LogP contribution >= 0.6 is 11.3 Å². The van der Waals surface area contributed by atoms with E-state index in [4.69, 9.17) is 0 Å². The Morgan fingerprint density at radius 1 is 1.29 bits per heavy atom. The first-order valence-corrected chi connectivity index (χ1v) is 8.80. The molecule has 0 spiro atoms. The zero-order chi connectivity index (χ0) is 17.5. The maximum absolute atomic E-state index is 12.4. The molecule has 7 nitrogen and oxygen atoms in total. The van der Waals surface area contributed by atoms with Crippen LogP contribution in [-0.4, -0.2) is 32.4 Å². The van der Waals surface area contributed by atoms with Gasteiger partial charge in [-0.25, -0.2) is 9.97 Å². The van der Waals surface area contributed by atoms with E-state index in [1.165, 1.54) is 11.3 Å². The normalized spacial score (nSPS) is 13.5. The van der Waals surface area contributed by atoms with E-state index in [9.17, 15) is 9.59 Å². The molecule has 0 fully saturated rings. The fourth-order valence-corrected chi connectivity index (χ4v) is 2.87. The Morgan fingerprint density at radius 2 is 2.08 bits per heavy atom. The van der Waals surface area contributed by atoms with Gasteiger partial charge in [0.1, 0.15) is 6.04 Å². The Hall–Kier alpha value is -2.22. The second kappa shape index (κ2) is 8.58. The number of rotatable bonds is 8. The molecule has 0 aliphatic carbocycles. The third-order valence-corrected chi connectivity index (χ3v) is 4.22. The summed E-state index contributed by atoms with van der Waals surface area (Å²) in [5.74, 6) is -0.109. The van der Waals surface area contributed by atoms with Crippen molar-refractivity contribution in [3.05, 3.63) is 30.3 Å². The number of imidazole rings is 1. The number of hydrogen-bond donors (Lipinski definition) is 2. The number of amides is 2. The Labute approximate surface area is 145 Å². The molecule has 0 saturated carbocycles. The van der Waals surface area contributed by atoms with Crippen molar-refractivity contribution in [2.24, 2.45) is 5.92 Å². The van der Waals surface area contributed by atoms with Crippen LogP contribution in [0.4, 0.5) is 5.13 Å². The summed E-state index contributed by atoms with van der Waals surface area (Å²) in [6, 6.07) is -0.592. The summed E-state index contributed by atoms with van der Waals surface area (Å²) >= 11 is 1.35. The van der Waals surface area contributed by atoms with Crippen LogP contribution in [-0.2, 0) is 9.59 Å². The van der Waals surface area contributed by atoms with Gasteiger partial charge in [0.15, 0.2) is 5.13 Å². The van der Waals surface area contributed by atoms with Gasteiger partial charge in [-0.3, -0.25) is 9.59 Å². The minimum absolute atomic E-state index is 0.0192. The minimum Gasteiger partial charge on any atom is -0.344 e. The average molecular weight is 349 g/mol. The fourth-order valence-electron chi connectivity index (χ4n) is 2.34. The second-order valence-electron chi connectivity index (χ2n) is 6.14. The van der Waals surface area contributed by atoms with Gasteiger partial charge in [-0.2, -0.15) is 0 Å². The van der Waals surface area contributed by atoms with Crippen molar-refractivity contribution in [3.63, 3.8) is 0 Å². The van der Waals surface area contributed by atoms with Crippen LogP contribution < -0.4 is 10.6 Å². The molecule has 2 N–H and O–H groups in total. The summed E-state index contributed by atoms with van der Waals surface area (Å²) < 4.78 is 1.87. The lowest BCUT2D eigenvalue weighted by molar-refractivity contribution is -0.127. The molecule has 2 aromatic heterocycles. The van der Waals surface area contributed by atoms with Gasteiger partial charge >= 0.3 is 0 Å². The van der Waals surface area contributed by atoms with Crippen molar-refractivity contribution in [2.75, 3.05) is 5.32 Å². The van der Waals surface area contributed by atoms with Crippen LogP contribution in [0.15, 0.2) is 30.3 Å². The van der Waals surface area contributed by atoms with E-state index in [0.29, 0.717) is 11.6 Å². The molecule has 130 valence electrons. The molecule has 8 heteroatoms. The van der Waals surface area contributed by atoms with E-state index >= 15 is 0 Å². The zero-order valence-corrected chi connectivity index (χ0v) is 14.9. The smallest absolute Gasteiger partial charge is 0.248 e. The van der Waals surface area contributed by atoms with Crippen LogP contribution in [0.5, 0.6) is 0 Å². The summed E-state index contributed by atoms with van der Waals surface area (Å²) in [5.41, 5.74) is 0. The minimum atomic E-state index is -0.573. The van der Waals surface area contributed by atoms with Gasteiger partial charge in [0, 0.05) is 36.4 Å². The number of aromatic nitrogens is 3. The zero-order valence-electron chi connectivity index (χ0n) is 14.1. The highest BCUT2D eigenvalue weighted by atomic mass is 32.1. The molecular weight excluding hydrogens is 326 g/mol. The summed E-state index contributed by atoms with van der Waals surface area (Å²) in [6.45, 7) is 5.97. The Bertz CT molecular complexity index is 639. The molecule has 24 heavy (non-hydrogen) atoms. The molecule has 0 aliphatic heterocycles. The SMILES string of the molecule is CC(C)CC(NC(=O)CC(C)n1ccnc1)C(=O)Nc1nccs1. The third kappa shape index (κ3) is 5.45. The molecule has 2 amide bonds. The molecule has 2 unspecified atom stereocenters. The molecule has 2 atom stereocenters. The fraction of sp³-hybridized carbons (Fsp3) is 0.500. The number of hydrogen-bond acceptors (Lipinski definition) is 5. The van der Waals surface area contributed by atoms with Crippen molar-refractivity contribution in [3.8, 4) is 0 Å². The largest absolute Gasteiger partial charge is 0.344 e. The lowest BCUT2D eigenvalue weighted by atomic mass is 10.0. The van der Waals surface area contributed by atoms with Gasteiger partial charge in [-0.1, -0.05) is 13.8 Å². The molecule has 2 rings (SSSR count). The van der Waals surface area contributed by atoms with Crippen molar-refractivity contribution in [1.29, 1.82) is 0 Å². The highest BCUT2D eigenvalue weighted by molar-refractivity contribution is 7.13. The van der Waals surface area contributed by atoms with Crippen molar-refractivity contribution < 1.29 is 9.59 Å². The third-order valence-electron chi connectivity index (χ3n) is 3.54. The second-order valence-corrected chi connectivity index (χ2v) is 7.03. The topological polar surface area (TPSA) is 88.9 Å². The van der Waals surface area contributed by atoms with E-state index in [2.05, 4.69) is 20.6 Å². The number of carbonyl (C=O) groups is 2. The van der Waals surface area contributed by atoms with Crippen LogP contribution in [0.25, 0.3) is 0 Å². The average Bonchev–Trinajstić information content (AvgIpc) is 3.19. The van der Waals surface area contributed by atoms with Gasteiger partial charge in [0.2, 0.25) is 11.8 Å². The molecule has 2 heterocycles. The highest BCUT2D eigenvalue weighted by Gasteiger charge is 2.23. The van der Waals surface area contributed by atoms with E-state index in [1.807, 2.05) is 31.5 Å². The predicted molar refractivity (Wildman–Crippen MR) is 93.7 cm³/mol. The number of nitrogens with zero attached hydrogens (tertiary/aromatic N) is 3. The predicted octanol–water partition coefficient (Wildman–Crippen LogP) is 2.46. The van der Waals surface area contributed by atoms with Gasteiger partial charge in [0.25, 0.3) is 0 Å². The Morgan fingerprint density at radius 3 is 2.67 bits per heavy atom. The highest BCUT2D eigenvalue weighted by Crippen LogP contribution is 2.14. The van der Waals surface area contributed by atoms with Crippen LogP contribution in [0.2, 0.25) is 0 Å². The lowest BCUT2D eigenvalue weighted by Gasteiger charge is -2.21. The summed E-state index contributed by atoms with van der Waals surface area (Å²) in [4.78, 5) is 32.8. The number of nitrogens with one attached hydrogen (secondary N) is 2.